The van der Waals surface area contributed by atoms with Crippen molar-refractivity contribution in [3.8, 4) is 22.4 Å². The van der Waals surface area contributed by atoms with Gasteiger partial charge in [-0.2, -0.15) is 0 Å². The van der Waals surface area contributed by atoms with Crippen molar-refractivity contribution in [2.24, 2.45) is 0 Å². The highest BCUT2D eigenvalue weighted by atomic mass is 32.1. The molecule has 244 valence electrons. The second kappa shape index (κ2) is 12.4. The summed E-state index contributed by atoms with van der Waals surface area (Å²) in [6.07, 6.45) is 0. The third kappa shape index (κ3) is 5.58. The van der Waals surface area contributed by atoms with Gasteiger partial charge >= 0.3 is 0 Å². The molecule has 0 amide bonds. The summed E-state index contributed by atoms with van der Waals surface area (Å²) in [5.74, 6) is -4.90. The van der Waals surface area contributed by atoms with Crippen LogP contribution in [0.5, 0.6) is 0 Å². The third-order valence-electron chi connectivity index (χ3n) is 8.96. The fraction of sp³-hybridized carbons (Fsp3) is 0. The number of halogens is 6. The molecule has 0 aliphatic rings. The molecule has 0 bridgehead atoms. The smallest absolute Gasteiger partial charge is 0.180 e. The minimum absolute atomic E-state index is 0.210. The van der Waals surface area contributed by atoms with Crippen molar-refractivity contribution < 1.29 is 26.3 Å². The van der Waals surface area contributed by atoms with Crippen LogP contribution < -0.4 is 20.7 Å². The maximum Gasteiger partial charge on any atom is 0.180 e. The Hall–Kier alpha value is -5.51. The summed E-state index contributed by atoms with van der Waals surface area (Å²) in [6.45, 7) is 0. The van der Waals surface area contributed by atoms with Gasteiger partial charge in [0.1, 0.15) is 39.7 Å². The number of hydrogen-bond donors (Lipinski definition) is 0. The van der Waals surface area contributed by atoms with Gasteiger partial charge in [0.25, 0.3) is 0 Å². The van der Waals surface area contributed by atoms with Crippen LogP contribution in [0.2, 0.25) is 0 Å². The molecule has 0 N–H and O–H groups in total. The molecule has 0 radical (unpaired) electrons. The number of benzene rings is 6. The average molecular weight is 704 g/mol. The number of hydrogen-bond acceptors (Lipinski definition) is 2. The Morgan fingerprint density at radius 1 is 0.400 bits per heavy atom. The van der Waals surface area contributed by atoms with Gasteiger partial charge < -0.3 is 0 Å². The van der Waals surface area contributed by atoms with E-state index in [4.69, 9.17) is 4.98 Å². The first-order valence-electron chi connectivity index (χ1n) is 15.6. The van der Waals surface area contributed by atoms with Crippen LogP contribution in [0.15, 0.2) is 140 Å². The SMILES string of the molecule is Fc1cc(F)cc(-c2ccc([Si](c3ccc(-c4ccc5c(n4)sc4ccccc45)cc3)(c3cc(F)cc(F)c3)c3cc(F)cc(F)c3)cc2)c1. The van der Waals surface area contributed by atoms with Crippen LogP contribution in [0.3, 0.4) is 0 Å². The molecule has 1 nitrogen and oxygen atoms in total. The molecule has 50 heavy (non-hydrogen) atoms. The zero-order valence-electron chi connectivity index (χ0n) is 25.9. The Bertz CT molecular complexity index is 2450. The van der Waals surface area contributed by atoms with E-state index in [1.165, 1.54) is 36.4 Å². The number of fused-ring (bicyclic) bond motifs is 3. The summed E-state index contributed by atoms with van der Waals surface area (Å²) in [6, 6.07) is 35.4. The molecule has 2 heterocycles. The fourth-order valence-corrected chi connectivity index (χ4v) is 12.7. The van der Waals surface area contributed by atoms with E-state index in [1.54, 1.807) is 47.7 Å². The van der Waals surface area contributed by atoms with Gasteiger partial charge in [-0.3, -0.25) is 0 Å². The van der Waals surface area contributed by atoms with Crippen molar-refractivity contribution in [2.45, 2.75) is 0 Å². The monoisotopic (exact) mass is 703 g/mol. The highest BCUT2D eigenvalue weighted by Crippen LogP contribution is 2.34. The lowest BCUT2D eigenvalue weighted by atomic mass is 10.1. The molecule has 8 rings (SSSR count). The molecular formula is C41H23F6NSSi. The van der Waals surface area contributed by atoms with Gasteiger partial charge in [-0.25, -0.2) is 31.3 Å². The molecule has 9 heteroatoms. The molecule has 0 aliphatic heterocycles. The molecule has 0 saturated heterocycles. The van der Waals surface area contributed by atoms with Crippen LogP contribution in [-0.2, 0) is 0 Å². The molecular weight excluding hydrogens is 681 g/mol. The molecule has 0 fully saturated rings. The van der Waals surface area contributed by atoms with Gasteiger partial charge in [0, 0.05) is 39.2 Å². The molecule has 0 aliphatic carbocycles. The van der Waals surface area contributed by atoms with Gasteiger partial charge in [0.05, 0.1) is 5.69 Å². The summed E-state index contributed by atoms with van der Waals surface area (Å²) in [5, 5.41) is 3.71. The van der Waals surface area contributed by atoms with Crippen LogP contribution in [0.4, 0.5) is 26.3 Å². The number of nitrogens with zero attached hydrogens (tertiary/aromatic N) is 1. The van der Waals surface area contributed by atoms with E-state index >= 15 is 17.6 Å². The van der Waals surface area contributed by atoms with Crippen molar-refractivity contribution in [1.29, 1.82) is 0 Å². The number of pyridine rings is 1. The lowest BCUT2D eigenvalue weighted by molar-refractivity contribution is 0.583. The maximum absolute atomic E-state index is 15.1. The minimum atomic E-state index is -3.89. The zero-order valence-corrected chi connectivity index (χ0v) is 27.7. The summed E-state index contributed by atoms with van der Waals surface area (Å²) in [4.78, 5) is 5.80. The average Bonchev–Trinajstić information content (AvgIpc) is 3.46. The Kier molecular flexibility index (Phi) is 7.89. The van der Waals surface area contributed by atoms with Crippen LogP contribution >= 0.6 is 11.3 Å². The number of aromatic nitrogens is 1. The first kappa shape index (κ1) is 31.7. The molecule has 2 aromatic heterocycles. The van der Waals surface area contributed by atoms with E-state index in [-0.39, 0.29) is 15.9 Å². The van der Waals surface area contributed by atoms with E-state index in [0.29, 0.717) is 21.6 Å². The van der Waals surface area contributed by atoms with E-state index in [0.717, 1.165) is 44.1 Å². The standard InChI is InChI=1S/C41H23F6NSSi/c42-27-15-26(16-28(43)17-27)24-5-9-33(10-6-24)50(35-20-29(44)18-30(45)21-35,36-22-31(46)19-32(47)23-36)34-11-7-25(8-12-34)39-14-13-38-37-3-1-2-4-40(37)49-41(38)48-39/h1-23H. The van der Waals surface area contributed by atoms with Gasteiger partial charge in [-0.15, -0.1) is 11.3 Å². The summed E-state index contributed by atoms with van der Waals surface area (Å²) in [7, 11) is -3.89. The molecule has 0 spiro atoms. The van der Waals surface area contributed by atoms with Crippen LogP contribution in [0.1, 0.15) is 0 Å². The second-order valence-electron chi connectivity index (χ2n) is 12.0. The summed E-state index contributed by atoms with van der Waals surface area (Å²) < 4.78 is 89.6. The maximum atomic E-state index is 15.1. The Morgan fingerprint density at radius 2 is 0.880 bits per heavy atom. The van der Waals surface area contributed by atoms with E-state index in [9.17, 15) is 8.78 Å². The van der Waals surface area contributed by atoms with E-state index in [2.05, 4.69) is 6.07 Å². The molecule has 0 unspecified atom stereocenters. The minimum Gasteiger partial charge on any atom is -0.237 e. The summed E-state index contributed by atoms with van der Waals surface area (Å²) >= 11 is 1.59. The molecule has 0 saturated carbocycles. The quantitative estimate of drug-likeness (QED) is 0.0958. The topological polar surface area (TPSA) is 12.9 Å². The van der Waals surface area contributed by atoms with Crippen molar-refractivity contribution in [2.75, 3.05) is 0 Å². The first-order valence-corrected chi connectivity index (χ1v) is 18.4. The van der Waals surface area contributed by atoms with Crippen molar-refractivity contribution in [1.82, 2.24) is 4.98 Å². The first-order chi connectivity index (χ1) is 24.2. The third-order valence-corrected chi connectivity index (χ3v) is 14.8. The molecule has 8 aromatic rings. The Morgan fingerprint density at radius 3 is 1.42 bits per heavy atom. The van der Waals surface area contributed by atoms with Gasteiger partial charge in [0.15, 0.2) is 8.07 Å². The second-order valence-corrected chi connectivity index (χ2v) is 16.9. The highest BCUT2D eigenvalue weighted by molar-refractivity contribution is 7.25. The van der Waals surface area contributed by atoms with Crippen LogP contribution in [0.25, 0.3) is 42.7 Å². The van der Waals surface area contributed by atoms with E-state index < -0.39 is 43.0 Å². The fourth-order valence-electron chi connectivity index (χ4n) is 6.83. The summed E-state index contributed by atoms with van der Waals surface area (Å²) in [5.41, 5.74) is 2.24. The largest absolute Gasteiger partial charge is 0.237 e. The lowest BCUT2D eigenvalue weighted by Crippen LogP contribution is -2.75. The highest BCUT2D eigenvalue weighted by Gasteiger charge is 2.43. The Labute approximate surface area is 287 Å². The van der Waals surface area contributed by atoms with Gasteiger partial charge in [-0.1, -0.05) is 66.7 Å². The van der Waals surface area contributed by atoms with Crippen molar-refractivity contribution >= 4 is 60.5 Å². The van der Waals surface area contributed by atoms with Gasteiger partial charge in [0.2, 0.25) is 0 Å². The molecule has 0 atom stereocenters. The Balaban J connectivity index is 1.34. The number of thiophene rings is 1. The van der Waals surface area contributed by atoms with Crippen LogP contribution in [0, 0.1) is 34.9 Å². The predicted molar refractivity (Wildman–Crippen MR) is 191 cm³/mol. The van der Waals surface area contributed by atoms with Crippen molar-refractivity contribution in [3.63, 3.8) is 0 Å². The zero-order chi connectivity index (χ0) is 34.6. The van der Waals surface area contributed by atoms with E-state index in [1.807, 2.05) is 42.5 Å². The van der Waals surface area contributed by atoms with Gasteiger partial charge in [-0.05, 0) is 86.5 Å². The van der Waals surface area contributed by atoms with Crippen molar-refractivity contribution in [3.05, 3.63) is 174 Å². The normalized spacial score (nSPS) is 11.8. The molecule has 6 aromatic carbocycles. The predicted octanol–water partition coefficient (Wildman–Crippen LogP) is 9.00. The van der Waals surface area contributed by atoms with Crippen LogP contribution in [-0.4, -0.2) is 13.1 Å². The number of rotatable bonds is 6. The lowest BCUT2D eigenvalue weighted by Gasteiger charge is -2.34.